The summed E-state index contributed by atoms with van der Waals surface area (Å²) in [6, 6.07) is 7.96. The predicted octanol–water partition coefficient (Wildman–Crippen LogP) is 2.95. The van der Waals surface area contributed by atoms with Gasteiger partial charge in [0, 0.05) is 45.8 Å². The number of amides is 1. The molecule has 0 spiro atoms. The Morgan fingerprint density at radius 2 is 1.87 bits per heavy atom. The van der Waals surface area contributed by atoms with E-state index in [2.05, 4.69) is 10.6 Å². The molecule has 30 heavy (non-hydrogen) atoms. The second kappa shape index (κ2) is 14.7. The van der Waals surface area contributed by atoms with E-state index in [1.807, 2.05) is 36.1 Å². The Morgan fingerprint density at radius 1 is 1.10 bits per heavy atom. The smallest absolute Gasteiger partial charge is 0.222 e. The normalized spacial score (nSPS) is 15.1. The van der Waals surface area contributed by atoms with Crippen molar-refractivity contribution in [2.24, 2.45) is 4.99 Å². The first kappa shape index (κ1) is 24.0. The van der Waals surface area contributed by atoms with Crippen LogP contribution >= 0.6 is 0 Å². The van der Waals surface area contributed by atoms with Crippen LogP contribution in [0.4, 0.5) is 0 Å². The number of rotatable bonds is 12. The minimum Gasteiger partial charge on any atom is -0.497 e. The number of hydrogen-bond acceptors (Lipinski definition) is 4. The highest BCUT2D eigenvalue weighted by molar-refractivity contribution is 5.79. The lowest BCUT2D eigenvalue weighted by molar-refractivity contribution is -0.130. The number of methoxy groups -OCH3 is 1. The zero-order valence-corrected chi connectivity index (χ0v) is 18.6. The average Bonchev–Trinajstić information content (AvgIpc) is 2.98. The first-order chi connectivity index (χ1) is 14.7. The molecule has 0 radical (unpaired) electrons. The Labute approximate surface area is 181 Å². The van der Waals surface area contributed by atoms with E-state index < -0.39 is 0 Å². The van der Waals surface area contributed by atoms with Gasteiger partial charge < -0.3 is 25.0 Å². The monoisotopic (exact) mass is 418 g/mol. The number of guanidine groups is 1. The lowest BCUT2D eigenvalue weighted by Crippen LogP contribution is -2.40. The first-order valence-corrected chi connectivity index (χ1v) is 11.2. The number of carbonyl (C=O) groups is 1. The van der Waals surface area contributed by atoms with E-state index in [1.54, 1.807) is 7.11 Å². The molecule has 0 atom stereocenters. The number of nitrogens with zero attached hydrogens (tertiary/aromatic N) is 2. The molecule has 1 saturated heterocycles. The number of nitrogens with one attached hydrogen (secondary N) is 2. The Morgan fingerprint density at radius 3 is 2.60 bits per heavy atom. The van der Waals surface area contributed by atoms with E-state index >= 15 is 0 Å². The summed E-state index contributed by atoms with van der Waals surface area (Å²) in [5, 5.41) is 6.79. The highest BCUT2D eigenvalue weighted by atomic mass is 16.5. The Hall–Kier alpha value is -2.28. The van der Waals surface area contributed by atoms with Crippen LogP contribution in [0.2, 0.25) is 0 Å². The number of hydrogen-bond donors (Lipinski definition) is 2. The van der Waals surface area contributed by atoms with Crippen molar-refractivity contribution in [3.8, 4) is 5.75 Å². The molecule has 1 amide bonds. The Balaban J connectivity index is 1.80. The van der Waals surface area contributed by atoms with Gasteiger partial charge in [0.05, 0.1) is 13.7 Å². The number of aliphatic imine (C=N–C) groups is 1. The van der Waals surface area contributed by atoms with Crippen molar-refractivity contribution in [1.82, 2.24) is 15.5 Å². The quantitative estimate of drug-likeness (QED) is 0.310. The Kier molecular flexibility index (Phi) is 11.7. The summed E-state index contributed by atoms with van der Waals surface area (Å²) in [6.45, 7) is 7.37. The van der Waals surface area contributed by atoms with Gasteiger partial charge in [-0.3, -0.25) is 4.79 Å². The van der Waals surface area contributed by atoms with Crippen molar-refractivity contribution < 1.29 is 14.3 Å². The third-order valence-electron chi connectivity index (χ3n) is 5.11. The molecule has 1 aliphatic heterocycles. The molecule has 0 bridgehead atoms. The molecule has 1 aromatic rings. The molecule has 0 saturated carbocycles. The second-order valence-electron chi connectivity index (χ2n) is 7.46. The summed E-state index contributed by atoms with van der Waals surface area (Å²) >= 11 is 0. The predicted molar refractivity (Wildman–Crippen MR) is 121 cm³/mol. The zero-order chi connectivity index (χ0) is 21.4. The van der Waals surface area contributed by atoms with Crippen molar-refractivity contribution in [3.05, 3.63) is 29.8 Å². The van der Waals surface area contributed by atoms with Gasteiger partial charge in [0.25, 0.3) is 0 Å². The molecule has 7 heteroatoms. The molecule has 2 rings (SSSR count). The third-order valence-corrected chi connectivity index (χ3v) is 5.11. The van der Waals surface area contributed by atoms with Crippen molar-refractivity contribution in [2.45, 2.75) is 52.0 Å². The van der Waals surface area contributed by atoms with E-state index in [9.17, 15) is 4.79 Å². The second-order valence-corrected chi connectivity index (χ2v) is 7.46. The molecule has 0 aliphatic carbocycles. The fourth-order valence-corrected chi connectivity index (χ4v) is 3.35. The first-order valence-electron chi connectivity index (χ1n) is 11.2. The van der Waals surface area contributed by atoms with E-state index in [-0.39, 0.29) is 0 Å². The fourth-order valence-electron chi connectivity index (χ4n) is 3.35. The van der Waals surface area contributed by atoms with Gasteiger partial charge in [-0.15, -0.1) is 0 Å². The topological polar surface area (TPSA) is 75.2 Å². The number of carbonyl (C=O) groups excluding carboxylic acids is 1. The summed E-state index contributed by atoms with van der Waals surface area (Å²) in [5.41, 5.74) is 1.13. The molecule has 168 valence electrons. The summed E-state index contributed by atoms with van der Waals surface area (Å²) in [4.78, 5) is 18.8. The molecular formula is C23H38N4O3. The minimum atomic E-state index is 0.301. The van der Waals surface area contributed by atoms with Crippen molar-refractivity contribution in [1.29, 1.82) is 0 Å². The molecular weight excluding hydrogens is 380 g/mol. The van der Waals surface area contributed by atoms with Crippen LogP contribution in [0.5, 0.6) is 5.75 Å². The van der Waals surface area contributed by atoms with Crippen LogP contribution in [-0.2, 0) is 16.1 Å². The SMILES string of the molecule is CCOCCCNC(=NCc1ccc(OC)cc1)NCCCN1CCCCCC1=O. The van der Waals surface area contributed by atoms with Gasteiger partial charge in [0.2, 0.25) is 5.91 Å². The summed E-state index contributed by atoms with van der Waals surface area (Å²) in [5.74, 6) is 1.94. The van der Waals surface area contributed by atoms with Crippen LogP contribution in [0.25, 0.3) is 0 Å². The molecule has 7 nitrogen and oxygen atoms in total. The lowest BCUT2D eigenvalue weighted by Gasteiger charge is -2.21. The molecule has 1 aliphatic rings. The highest BCUT2D eigenvalue weighted by Crippen LogP contribution is 2.12. The van der Waals surface area contributed by atoms with Crippen molar-refractivity contribution >= 4 is 11.9 Å². The van der Waals surface area contributed by atoms with E-state index in [1.165, 1.54) is 0 Å². The van der Waals surface area contributed by atoms with Gasteiger partial charge in [-0.25, -0.2) is 4.99 Å². The standard InChI is InChI=1S/C23H38N4O3/c1-3-30-18-8-15-25-23(26-19-20-10-12-21(29-2)13-11-20)24-14-7-17-27-16-6-4-5-9-22(27)28/h10-13H,3-9,14-19H2,1-2H3,(H2,24,25,26). The van der Waals surface area contributed by atoms with Gasteiger partial charge in [-0.1, -0.05) is 18.6 Å². The molecule has 1 aromatic carbocycles. The number of benzene rings is 1. The van der Waals surface area contributed by atoms with Crippen LogP contribution in [0.3, 0.4) is 0 Å². The molecule has 2 N–H and O–H groups in total. The van der Waals surface area contributed by atoms with E-state index in [0.717, 1.165) is 88.8 Å². The highest BCUT2D eigenvalue weighted by Gasteiger charge is 2.15. The molecule has 1 heterocycles. The van der Waals surface area contributed by atoms with Crippen LogP contribution in [-0.4, -0.2) is 63.3 Å². The van der Waals surface area contributed by atoms with Crippen LogP contribution < -0.4 is 15.4 Å². The third kappa shape index (κ3) is 9.48. The van der Waals surface area contributed by atoms with E-state index in [4.69, 9.17) is 14.5 Å². The summed E-state index contributed by atoms with van der Waals surface area (Å²) in [7, 11) is 1.67. The van der Waals surface area contributed by atoms with Crippen LogP contribution in [0, 0.1) is 0 Å². The number of ether oxygens (including phenoxy) is 2. The van der Waals surface area contributed by atoms with Gasteiger partial charge in [-0.05, 0) is 50.3 Å². The molecule has 1 fully saturated rings. The maximum atomic E-state index is 12.1. The maximum absolute atomic E-state index is 12.1. The van der Waals surface area contributed by atoms with Gasteiger partial charge in [0.15, 0.2) is 5.96 Å². The van der Waals surface area contributed by atoms with Crippen molar-refractivity contribution in [3.63, 3.8) is 0 Å². The minimum absolute atomic E-state index is 0.301. The largest absolute Gasteiger partial charge is 0.497 e. The van der Waals surface area contributed by atoms with Gasteiger partial charge in [0.1, 0.15) is 5.75 Å². The Bertz CT molecular complexity index is 634. The summed E-state index contributed by atoms with van der Waals surface area (Å²) in [6.07, 6.45) is 5.85. The average molecular weight is 419 g/mol. The fraction of sp³-hybridized carbons (Fsp3) is 0.652. The van der Waals surface area contributed by atoms with Gasteiger partial charge >= 0.3 is 0 Å². The van der Waals surface area contributed by atoms with Crippen LogP contribution in [0.15, 0.2) is 29.3 Å². The lowest BCUT2D eigenvalue weighted by atomic mass is 10.2. The maximum Gasteiger partial charge on any atom is 0.222 e. The summed E-state index contributed by atoms with van der Waals surface area (Å²) < 4.78 is 10.6. The number of likely N-dealkylation sites (tertiary alicyclic amines) is 1. The van der Waals surface area contributed by atoms with E-state index in [0.29, 0.717) is 18.9 Å². The zero-order valence-electron chi connectivity index (χ0n) is 18.6. The van der Waals surface area contributed by atoms with Crippen molar-refractivity contribution in [2.75, 3.05) is 46.5 Å². The molecule has 0 unspecified atom stereocenters. The molecule has 0 aromatic heterocycles. The van der Waals surface area contributed by atoms with Gasteiger partial charge in [-0.2, -0.15) is 0 Å². The van der Waals surface area contributed by atoms with Crippen LogP contribution in [0.1, 0.15) is 51.0 Å².